The van der Waals surface area contributed by atoms with Gasteiger partial charge in [0.15, 0.2) is 0 Å². The van der Waals surface area contributed by atoms with Crippen LogP contribution >= 0.6 is 0 Å². The zero-order valence-corrected chi connectivity index (χ0v) is 10.9. The van der Waals surface area contributed by atoms with Crippen LogP contribution in [0.15, 0.2) is 0 Å². The van der Waals surface area contributed by atoms with Crippen molar-refractivity contribution in [3.8, 4) is 0 Å². The summed E-state index contributed by atoms with van der Waals surface area (Å²) >= 11 is 0. The first-order valence-electron chi connectivity index (χ1n) is 7.09. The minimum Gasteiger partial charge on any atom is -0.368 e. The summed E-state index contributed by atoms with van der Waals surface area (Å²) in [6.07, 6.45) is 3.95. The Hall–Kier alpha value is -0.570. The third-order valence-corrected chi connectivity index (χ3v) is 5.24. The van der Waals surface area contributed by atoms with Crippen LogP contribution in [0, 0.1) is 29.6 Å². The molecule has 3 rings (SSSR count). The topological polar surface area (TPSA) is 46.3 Å². The van der Waals surface area contributed by atoms with Gasteiger partial charge in [0, 0.05) is 13.1 Å². The van der Waals surface area contributed by atoms with Gasteiger partial charge in [0.25, 0.3) is 0 Å². The SMILES string of the molecule is CC(C)[C@H]1C[C@@H](CN2C[C@H]3CC3[C@H]2C(N)=O)C1. The van der Waals surface area contributed by atoms with Crippen molar-refractivity contribution in [3.05, 3.63) is 0 Å². The van der Waals surface area contributed by atoms with Crippen LogP contribution in [-0.4, -0.2) is 29.9 Å². The normalized spacial score (nSPS) is 44.5. The molecule has 1 unspecified atom stereocenters. The molecule has 3 atom stereocenters. The summed E-state index contributed by atoms with van der Waals surface area (Å²) in [6.45, 7) is 6.88. The quantitative estimate of drug-likeness (QED) is 0.803. The third-order valence-electron chi connectivity index (χ3n) is 5.24. The summed E-state index contributed by atoms with van der Waals surface area (Å²) in [5.74, 6) is 3.87. The molecule has 1 heterocycles. The molecule has 0 bridgehead atoms. The number of carbonyl (C=O) groups excluding carboxylic acids is 1. The van der Waals surface area contributed by atoms with E-state index in [4.69, 9.17) is 5.73 Å². The number of likely N-dealkylation sites (tertiary alicyclic amines) is 1. The van der Waals surface area contributed by atoms with Gasteiger partial charge in [-0.2, -0.15) is 0 Å². The molecule has 17 heavy (non-hydrogen) atoms. The van der Waals surface area contributed by atoms with Crippen molar-refractivity contribution in [2.45, 2.75) is 39.2 Å². The van der Waals surface area contributed by atoms with Crippen molar-refractivity contribution in [1.29, 1.82) is 0 Å². The maximum Gasteiger partial charge on any atom is 0.235 e. The highest BCUT2D eigenvalue weighted by Crippen LogP contribution is 2.50. The van der Waals surface area contributed by atoms with Crippen molar-refractivity contribution in [2.24, 2.45) is 35.3 Å². The van der Waals surface area contributed by atoms with E-state index < -0.39 is 0 Å². The second-order valence-electron chi connectivity index (χ2n) is 6.80. The number of fused-ring (bicyclic) bond motifs is 1. The van der Waals surface area contributed by atoms with Gasteiger partial charge < -0.3 is 5.73 Å². The van der Waals surface area contributed by atoms with Gasteiger partial charge in [-0.25, -0.2) is 0 Å². The van der Waals surface area contributed by atoms with E-state index in [9.17, 15) is 4.79 Å². The molecule has 2 saturated carbocycles. The summed E-state index contributed by atoms with van der Waals surface area (Å²) in [5, 5.41) is 0. The van der Waals surface area contributed by atoms with Gasteiger partial charge in [0.05, 0.1) is 6.04 Å². The fourth-order valence-electron chi connectivity index (χ4n) is 3.94. The summed E-state index contributed by atoms with van der Waals surface area (Å²) in [6, 6.07) is 0.0677. The number of nitrogens with zero attached hydrogens (tertiary/aromatic N) is 1. The van der Waals surface area contributed by atoms with Crippen LogP contribution in [0.2, 0.25) is 0 Å². The van der Waals surface area contributed by atoms with Gasteiger partial charge in [0.1, 0.15) is 0 Å². The molecule has 3 nitrogen and oxygen atoms in total. The van der Waals surface area contributed by atoms with E-state index in [0.29, 0.717) is 5.92 Å². The molecule has 0 radical (unpaired) electrons. The highest BCUT2D eigenvalue weighted by molar-refractivity contribution is 5.81. The first kappa shape index (κ1) is 11.5. The summed E-state index contributed by atoms with van der Waals surface area (Å²) < 4.78 is 0. The smallest absolute Gasteiger partial charge is 0.235 e. The summed E-state index contributed by atoms with van der Waals surface area (Å²) in [7, 11) is 0. The first-order chi connectivity index (χ1) is 8.06. The third kappa shape index (κ3) is 1.99. The molecule has 2 aliphatic carbocycles. The molecule has 96 valence electrons. The highest BCUT2D eigenvalue weighted by atomic mass is 16.1. The lowest BCUT2D eigenvalue weighted by Crippen LogP contribution is -2.47. The van der Waals surface area contributed by atoms with E-state index in [1.165, 1.54) is 19.3 Å². The van der Waals surface area contributed by atoms with Crippen molar-refractivity contribution in [3.63, 3.8) is 0 Å². The number of rotatable bonds is 4. The molecule has 0 aromatic carbocycles. The van der Waals surface area contributed by atoms with Crippen LogP contribution in [0.5, 0.6) is 0 Å². The average Bonchev–Trinajstić information content (AvgIpc) is 2.81. The second-order valence-corrected chi connectivity index (χ2v) is 6.80. The number of hydrogen-bond donors (Lipinski definition) is 1. The van der Waals surface area contributed by atoms with E-state index in [0.717, 1.165) is 36.8 Å². The van der Waals surface area contributed by atoms with E-state index >= 15 is 0 Å². The first-order valence-corrected chi connectivity index (χ1v) is 7.09. The molecule has 0 aromatic rings. The Labute approximate surface area is 104 Å². The Morgan fingerprint density at radius 3 is 2.65 bits per heavy atom. The number of primary amides is 1. The minimum absolute atomic E-state index is 0.0677. The maximum absolute atomic E-state index is 11.5. The van der Waals surface area contributed by atoms with Gasteiger partial charge in [-0.15, -0.1) is 0 Å². The molecule has 3 heteroatoms. The second kappa shape index (κ2) is 3.98. The number of carbonyl (C=O) groups is 1. The summed E-state index contributed by atoms with van der Waals surface area (Å²) in [4.78, 5) is 13.9. The number of amides is 1. The largest absolute Gasteiger partial charge is 0.368 e. The molecular formula is C14H24N2O. The van der Waals surface area contributed by atoms with Crippen LogP contribution in [0.4, 0.5) is 0 Å². The van der Waals surface area contributed by atoms with Crippen LogP contribution in [-0.2, 0) is 4.79 Å². The molecule has 0 spiro atoms. The monoisotopic (exact) mass is 236 g/mol. The molecule has 1 amide bonds. The van der Waals surface area contributed by atoms with E-state index in [2.05, 4.69) is 18.7 Å². The number of piperidine rings is 1. The predicted molar refractivity (Wildman–Crippen MR) is 67.2 cm³/mol. The molecule has 1 saturated heterocycles. The van der Waals surface area contributed by atoms with Crippen LogP contribution < -0.4 is 5.73 Å². The fourth-order valence-corrected chi connectivity index (χ4v) is 3.94. The molecule has 2 N–H and O–H groups in total. The van der Waals surface area contributed by atoms with Gasteiger partial charge in [-0.05, 0) is 48.9 Å². The van der Waals surface area contributed by atoms with Gasteiger partial charge in [0.2, 0.25) is 5.91 Å². The zero-order valence-electron chi connectivity index (χ0n) is 10.9. The van der Waals surface area contributed by atoms with Crippen molar-refractivity contribution >= 4 is 5.91 Å². The minimum atomic E-state index is -0.0882. The Kier molecular flexibility index (Phi) is 2.69. The Morgan fingerprint density at radius 1 is 1.35 bits per heavy atom. The molecule has 1 aliphatic heterocycles. The standard InChI is InChI=1S/C14H24N2O/c1-8(2)10-3-9(4-10)6-16-7-11-5-12(11)13(16)14(15)17/h8-13H,3-7H2,1-2H3,(H2,15,17)/t9-,10+,11-,12?,13+/m1/s1. The van der Waals surface area contributed by atoms with Crippen molar-refractivity contribution in [1.82, 2.24) is 4.90 Å². The zero-order chi connectivity index (χ0) is 12.2. The molecule has 3 aliphatic rings. The molecule has 3 fully saturated rings. The van der Waals surface area contributed by atoms with Gasteiger partial charge in [-0.3, -0.25) is 9.69 Å². The lowest BCUT2D eigenvalue weighted by atomic mass is 9.69. The maximum atomic E-state index is 11.5. The van der Waals surface area contributed by atoms with E-state index in [1.807, 2.05) is 0 Å². The number of nitrogens with two attached hydrogens (primary N) is 1. The molecular weight excluding hydrogens is 212 g/mol. The fraction of sp³-hybridized carbons (Fsp3) is 0.929. The Balaban J connectivity index is 1.51. The van der Waals surface area contributed by atoms with Crippen LogP contribution in [0.25, 0.3) is 0 Å². The lowest BCUT2D eigenvalue weighted by molar-refractivity contribution is -0.123. The molecule has 0 aromatic heterocycles. The van der Waals surface area contributed by atoms with E-state index in [1.54, 1.807) is 0 Å². The van der Waals surface area contributed by atoms with Crippen LogP contribution in [0.3, 0.4) is 0 Å². The van der Waals surface area contributed by atoms with Gasteiger partial charge in [-0.1, -0.05) is 13.8 Å². The van der Waals surface area contributed by atoms with Gasteiger partial charge >= 0.3 is 0 Å². The predicted octanol–water partition coefficient (Wildman–Crippen LogP) is 1.47. The van der Waals surface area contributed by atoms with Crippen molar-refractivity contribution in [2.75, 3.05) is 13.1 Å². The summed E-state index contributed by atoms with van der Waals surface area (Å²) in [5.41, 5.74) is 5.54. The lowest BCUT2D eigenvalue weighted by Gasteiger charge is -2.41. The average molecular weight is 236 g/mol. The Bertz CT molecular complexity index is 322. The van der Waals surface area contributed by atoms with Crippen LogP contribution in [0.1, 0.15) is 33.1 Å². The van der Waals surface area contributed by atoms with E-state index in [-0.39, 0.29) is 11.9 Å². The van der Waals surface area contributed by atoms with Crippen molar-refractivity contribution < 1.29 is 4.79 Å². The Morgan fingerprint density at radius 2 is 2.06 bits per heavy atom. The highest BCUT2D eigenvalue weighted by Gasteiger charge is 2.55. The number of hydrogen-bond acceptors (Lipinski definition) is 2.